The van der Waals surface area contributed by atoms with E-state index < -0.39 is 0 Å². The fourth-order valence-electron chi connectivity index (χ4n) is 1.36. The standard InChI is InChI=1S/C9H13Si.C5H5.2ClH.Hf/c1-3-8(2)10-9-6-4-5-7-9;1-2-4-5-3-1;;;/h3-6,9H,10H2,1-2H3;1-3H,4H2;2*1H;/q2*-1;;;+4/p-2/b8-3+;;;;. The van der Waals surface area contributed by atoms with E-state index in [1.807, 2.05) is 18.2 Å². The van der Waals surface area contributed by atoms with Gasteiger partial charge < -0.3 is 24.8 Å². The van der Waals surface area contributed by atoms with Crippen LogP contribution in [0.3, 0.4) is 0 Å². The molecule has 0 N–H and O–H groups in total. The summed E-state index contributed by atoms with van der Waals surface area (Å²) >= 11 is 0. The van der Waals surface area contributed by atoms with Crippen LogP contribution in [0.15, 0.2) is 47.7 Å². The van der Waals surface area contributed by atoms with Crippen molar-refractivity contribution in [3.63, 3.8) is 0 Å². The third-order valence-electron chi connectivity index (χ3n) is 2.37. The molecule has 2 aliphatic rings. The van der Waals surface area contributed by atoms with E-state index >= 15 is 0 Å². The van der Waals surface area contributed by atoms with E-state index in [4.69, 9.17) is 0 Å². The largest absolute Gasteiger partial charge is 4.00 e. The molecule has 0 amide bonds. The van der Waals surface area contributed by atoms with Gasteiger partial charge in [0.25, 0.3) is 0 Å². The maximum absolute atomic E-state index is 3.31. The Hall–Kier alpha value is 0.367. The molecule has 0 aliphatic heterocycles. The van der Waals surface area contributed by atoms with E-state index in [1.165, 1.54) is 0 Å². The van der Waals surface area contributed by atoms with Crippen LogP contribution in [0, 0.1) is 12.2 Å². The van der Waals surface area contributed by atoms with Crippen LogP contribution in [0.1, 0.15) is 20.3 Å². The average Bonchev–Trinajstić information content (AvgIpc) is 2.92. The van der Waals surface area contributed by atoms with Crippen molar-refractivity contribution in [1.29, 1.82) is 0 Å². The van der Waals surface area contributed by atoms with Gasteiger partial charge in [0.1, 0.15) is 0 Å². The summed E-state index contributed by atoms with van der Waals surface area (Å²) in [5.74, 6) is 0. The zero-order valence-corrected chi connectivity index (χ0v) is 17.3. The van der Waals surface area contributed by atoms with Gasteiger partial charge in [-0.25, -0.2) is 24.3 Å². The van der Waals surface area contributed by atoms with Crippen molar-refractivity contribution in [2.24, 2.45) is 0 Å². The fraction of sp³-hybridized carbons (Fsp3) is 0.286. The molecule has 0 aromatic rings. The van der Waals surface area contributed by atoms with Crippen molar-refractivity contribution < 1.29 is 50.7 Å². The predicted octanol–water partition coefficient (Wildman–Crippen LogP) is -2.89. The van der Waals surface area contributed by atoms with Crippen molar-refractivity contribution in [1.82, 2.24) is 0 Å². The van der Waals surface area contributed by atoms with Gasteiger partial charge in [-0.1, -0.05) is 11.3 Å². The summed E-state index contributed by atoms with van der Waals surface area (Å²) in [6.07, 6.45) is 21.9. The van der Waals surface area contributed by atoms with Gasteiger partial charge in [-0.05, 0) is 13.8 Å². The van der Waals surface area contributed by atoms with Gasteiger partial charge in [0.05, 0.1) is 0 Å². The van der Waals surface area contributed by atoms with E-state index in [1.54, 1.807) is 5.20 Å². The summed E-state index contributed by atoms with van der Waals surface area (Å²) in [4.78, 5) is 0. The molecule has 1 atom stereocenters. The maximum atomic E-state index is 3.31. The molecule has 0 heterocycles. The molecular formula is C14H18Cl2HfSi. The molecule has 1 unspecified atom stereocenters. The van der Waals surface area contributed by atoms with Crippen molar-refractivity contribution >= 4 is 9.52 Å². The number of hydrogen-bond donors (Lipinski definition) is 0. The molecule has 0 fully saturated rings. The number of halogens is 2. The maximum Gasteiger partial charge on any atom is 4.00 e. The zero-order valence-electron chi connectivity index (χ0n) is 10.8. The molecule has 0 bridgehead atoms. The molecule has 96 valence electrons. The van der Waals surface area contributed by atoms with Crippen LogP contribution in [-0.4, -0.2) is 9.52 Å². The number of rotatable bonds is 2. The van der Waals surface area contributed by atoms with Crippen molar-refractivity contribution in [2.75, 3.05) is 0 Å². The Balaban J connectivity index is -0.000000245. The fourth-order valence-corrected chi connectivity index (χ4v) is 2.83. The normalized spacial score (nSPS) is 19.0. The first-order valence-electron chi connectivity index (χ1n) is 5.42. The second-order valence-electron chi connectivity index (χ2n) is 3.67. The summed E-state index contributed by atoms with van der Waals surface area (Å²) < 4.78 is 0. The van der Waals surface area contributed by atoms with Crippen molar-refractivity contribution in [3.05, 3.63) is 59.9 Å². The zero-order chi connectivity index (χ0) is 10.9. The molecule has 0 aromatic heterocycles. The van der Waals surface area contributed by atoms with E-state index in [2.05, 4.69) is 50.3 Å². The first-order chi connectivity index (χ1) is 7.33. The van der Waals surface area contributed by atoms with Crippen LogP contribution in [0.2, 0.25) is 5.54 Å². The average molecular weight is 464 g/mol. The Bertz CT molecular complexity index is 309. The first kappa shape index (κ1) is 23.5. The van der Waals surface area contributed by atoms with Crippen molar-refractivity contribution in [3.8, 4) is 0 Å². The van der Waals surface area contributed by atoms with Gasteiger partial charge in [-0.2, -0.15) is 12.2 Å². The van der Waals surface area contributed by atoms with Gasteiger partial charge in [0.15, 0.2) is 0 Å². The Morgan fingerprint density at radius 1 is 1.28 bits per heavy atom. The molecule has 0 saturated carbocycles. The van der Waals surface area contributed by atoms with E-state index in [0.717, 1.165) is 6.42 Å². The molecule has 0 aromatic carbocycles. The topological polar surface area (TPSA) is 0 Å². The molecule has 0 spiro atoms. The van der Waals surface area contributed by atoms with E-state index in [-0.39, 0.29) is 60.2 Å². The van der Waals surface area contributed by atoms with Crippen LogP contribution in [0.4, 0.5) is 0 Å². The van der Waals surface area contributed by atoms with Gasteiger partial charge >= 0.3 is 25.8 Å². The van der Waals surface area contributed by atoms with Crippen LogP contribution < -0.4 is 24.8 Å². The van der Waals surface area contributed by atoms with Gasteiger partial charge in [0.2, 0.25) is 0 Å². The molecule has 18 heavy (non-hydrogen) atoms. The molecule has 0 radical (unpaired) electrons. The molecule has 0 nitrogen and oxygen atoms in total. The quantitative estimate of drug-likeness (QED) is 0.305. The minimum Gasteiger partial charge on any atom is -1.00 e. The van der Waals surface area contributed by atoms with Crippen molar-refractivity contribution in [2.45, 2.75) is 25.8 Å². The first-order valence-corrected chi connectivity index (χ1v) is 6.95. The summed E-state index contributed by atoms with van der Waals surface area (Å²) in [5, 5.41) is 1.58. The second-order valence-corrected chi connectivity index (χ2v) is 6.07. The SMILES string of the molecule is C/C=C(\C)[SiH2]C1[C-]=CC=C1.[C-]1=CC=CC1.[Cl-].[Cl-].[Hf+4]. The van der Waals surface area contributed by atoms with Gasteiger partial charge in [0, 0.05) is 9.52 Å². The summed E-state index contributed by atoms with van der Waals surface area (Å²) in [7, 11) is -0.0559. The Morgan fingerprint density at radius 3 is 2.33 bits per heavy atom. The monoisotopic (exact) mass is 464 g/mol. The molecule has 2 rings (SSSR count). The summed E-state index contributed by atoms with van der Waals surface area (Å²) in [6.45, 7) is 4.34. The Morgan fingerprint density at radius 2 is 2.00 bits per heavy atom. The van der Waals surface area contributed by atoms with E-state index in [0.29, 0.717) is 5.54 Å². The molecular weight excluding hydrogens is 446 g/mol. The molecule has 0 saturated heterocycles. The third kappa shape index (κ3) is 11.5. The molecule has 4 heteroatoms. The van der Waals surface area contributed by atoms with Gasteiger partial charge in [-0.3, -0.25) is 12.2 Å². The summed E-state index contributed by atoms with van der Waals surface area (Å²) in [5.41, 5.74) is 0.677. The minimum atomic E-state index is -0.0559. The number of allylic oxidation sites excluding steroid dienone is 10. The smallest absolute Gasteiger partial charge is 1.00 e. The predicted molar refractivity (Wildman–Crippen MR) is 70.2 cm³/mol. The second kappa shape index (κ2) is 15.4. The van der Waals surface area contributed by atoms with Gasteiger partial charge in [-0.15, -0.1) is 12.0 Å². The summed E-state index contributed by atoms with van der Waals surface area (Å²) in [6, 6.07) is 0. The third-order valence-corrected chi connectivity index (χ3v) is 4.37. The van der Waals surface area contributed by atoms with Crippen LogP contribution in [-0.2, 0) is 25.8 Å². The number of hydrogen-bond acceptors (Lipinski definition) is 0. The Kier molecular flexibility index (Phi) is 20.1. The van der Waals surface area contributed by atoms with E-state index in [9.17, 15) is 0 Å². The van der Waals surface area contributed by atoms with Crippen LogP contribution >= 0.6 is 0 Å². The van der Waals surface area contributed by atoms with Crippen LogP contribution in [0.5, 0.6) is 0 Å². The molecule has 2 aliphatic carbocycles. The minimum absolute atomic E-state index is 0. The van der Waals surface area contributed by atoms with Crippen LogP contribution in [0.25, 0.3) is 0 Å². The Labute approximate surface area is 145 Å².